The number of carbonyl (C=O) groups excluding carboxylic acids is 1. The molecule has 0 unspecified atom stereocenters. The molecule has 3 heteroatoms. The highest BCUT2D eigenvalue weighted by atomic mass is 16.6. The minimum atomic E-state index is 0.287. The number of rotatable bonds is 2. The Bertz CT molecular complexity index is 117. The van der Waals surface area contributed by atoms with Gasteiger partial charge in [0, 0.05) is 6.42 Å². The molecule has 0 bridgehead atoms. The van der Waals surface area contributed by atoms with Gasteiger partial charge in [-0.05, 0) is 12.8 Å². The highest BCUT2D eigenvalue weighted by Gasteiger charge is 1.95. The summed E-state index contributed by atoms with van der Waals surface area (Å²) >= 11 is 0. The fraction of sp³-hybridized carbons (Fsp3) is 0.900. The molecule has 0 radical (unpaired) electrons. The molecule has 0 aromatic rings. The second-order valence-corrected chi connectivity index (χ2v) is 3.52. The topological polar surface area (TPSA) is 35.5 Å². The van der Waals surface area contributed by atoms with E-state index in [1.54, 1.807) is 6.92 Å². The Hall–Kier alpha value is -0.410. The van der Waals surface area contributed by atoms with Gasteiger partial charge in [0.25, 0.3) is 0 Å². The molecule has 78 valence electrons. The van der Waals surface area contributed by atoms with Crippen molar-refractivity contribution in [1.29, 1.82) is 0 Å². The van der Waals surface area contributed by atoms with Gasteiger partial charge in [0.2, 0.25) is 0 Å². The lowest BCUT2D eigenvalue weighted by atomic mass is 10.1. The number of ether oxygens (including phenoxy) is 2. The van der Waals surface area contributed by atoms with Gasteiger partial charge in [0.15, 0.2) is 0 Å². The van der Waals surface area contributed by atoms with E-state index in [-0.39, 0.29) is 5.78 Å². The van der Waals surface area contributed by atoms with Crippen molar-refractivity contribution in [2.75, 3.05) is 26.4 Å². The molecule has 1 fully saturated rings. The maximum absolute atomic E-state index is 10.3. The summed E-state index contributed by atoms with van der Waals surface area (Å²) in [4.78, 5) is 10.3. The van der Waals surface area contributed by atoms with Gasteiger partial charge >= 0.3 is 0 Å². The molecule has 0 saturated carbocycles. The first kappa shape index (κ1) is 12.6. The summed E-state index contributed by atoms with van der Waals surface area (Å²) in [6, 6.07) is 0. The summed E-state index contributed by atoms with van der Waals surface area (Å²) in [5.74, 6) is 0.813. The van der Waals surface area contributed by atoms with Gasteiger partial charge in [-0.2, -0.15) is 0 Å². The summed E-state index contributed by atoms with van der Waals surface area (Å²) < 4.78 is 9.89. The zero-order valence-electron chi connectivity index (χ0n) is 8.84. The Morgan fingerprint density at radius 3 is 1.62 bits per heavy atom. The lowest BCUT2D eigenvalue weighted by Crippen LogP contribution is -2.16. The molecule has 0 aliphatic carbocycles. The molecule has 0 amide bonds. The smallest absolute Gasteiger partial charge is 0.130 e. The molecule has 3 nitrogen and oxygen atoms in total. The van der Waals surface area contributed by atoms with Crippen molar-refractivity contribution >= 4 is 5.78 Å². The standard InChI is InChI=1S/C6H12O.C4H8O2/c1-5(2)4-6(3)7;1-2-6-4-3-5-1/h5H,4H2,1-3H3;1-4H2. The molecule has 0 spiro atoms. The van der Waals surface area contributed by atoms with Gasteiger partial charge in [-0.25, -0.2) is 0 Å². The average Bonchev–Trinajstić information content (AvgIpc) is 2.06. The van der Waals surface area contributed by atoms with Gasteiger partial charge in [-0.3, -0.25) is 0 Å². The van der Waals surface area contributed by atoms with Gasteiger partial charge in [-0.15, -0.1) is 0 Å². The van der Waals surface area contributed by atoms with Gasteiger partial charge in [0.1, 0.15) is 5.78 Å². The van der Waals surface area contributed by atoms with Crippen LogP contribution in [0.5, 0.6) is 0 Å². The van der Waals surface area contributed by atoms with Crippen LogP contribution in [0.1, 0.15) is 27.2 Å². The van der Waals surface area contributed by atoms with E-state index < -0.39 is 0 Å². The van der Waals surface area contributed by atoms with Crippen LogP contribution in [0.4, 0.5) is 0 Å². The molecule has 0 atom stereocenters. The number of Topliss-reactive ketones (excluding diaryl/α,β-unsaturated/α-hetero) is 1. The number of hydrogen-bond donors (Lipinski definition) is 0. The zero-order valence-corrected chi connectivity index (χ0v) is 8.84. The van der Waals surface area contributed by atoms with E-state index in [1.807, 2.05) is 13.8 Å². The highest BCUT2D eigenvalue weighted by molar-refractivity contribution is 5.75. The number of hydrogen-bond acceptors (Lipinski definition) is 3. The van der Waals surface area contributed by atoms with Crippen molar-refractivity contribution in [1.82, 2.24) is 0 Å². The maximum atomic E-state index is 10.3. The molecule has 0 aromatic heterocycles. The number of ketones is 1. The number of carbonyl (C=O) groups is 1. The second kappa shape index (κ2) is 8.20. The van der Waals surface area contributed by atoms with E-state index in [9.17, 15) is 4.79 Å². The monoisotopic (exact) mass is 188 g/mol. The Labute approximate surface area is 80.4 Å². The molecule has 13 heavy (non-hydrogen) atoms. The van der Waals surface area contributed by atoms with Crippen molar-refractivity contribution < 1.29 is 14.3 Å². The molecule has 1 aliphatic heterocycles. The Balaban J connectivity index is 0.000000223. The van der Waals surface area contributed by atoms with Crippen molar-refractivity contribution in [2.45, 2.75) is 27.2 Å². The van der Waals surface area contributed by atoms with Crippen LogP contribution in [0.15, 0.2) is 0 Å². The quantitative estimate of drug-likeness (QED) is 0.661. The van der Waals surface area contributed by atoms with E-state index in [0.29, 0.717) is 5.92 Å². The van der Waals surface area contributed by atoms with Crippen LogP contribution >= 0.6 is 0 Å². The minimum absolute atomic E-state index is 0.287. The molecular weight excluding hydrogens is 168 g/mol. The second-order valence-electron chi connectivity index (χ2n) is 3.52. The molecule has 0 N–H and O–H groups in total. The highest BCUT2D eigenvalue weighted by Crippen LogP contribution is 1.97. The van der Waals surface area contributed by atoms with Crippen LogP contribution in [0.25, 0.3) is 0 Å². The van der Waals surface area contributed by atoms with E-state index >= 15 is 0 Å². The summed E-state index contributed by atoms with van der Waals surface area (Å²) in [6.07, 6.45) is 0.722. The summed E-state index contributed by atoms with van der Waals surface area (Å²) in [7, 11) is 0. The molecule has 1 rings (SSSR count). The van der Waals surface area contributed by atoms with Crippen molar-refractivity contribution in [3.05, 3.63) is 0 Å². The normalized spacial score (nSPS) is 16.3. The summed E-state index contributed by atoms with van der Waals surface area (Å²) in [5.41, 5.74) is 0. The van der Waals surface area contributed by atoms with E-state index in [2.05, 4.69) is 0 Å². The average molecular weight is 188 g/mol. The lowest BCUT2D eigenvalue weighted by molar-refractivity contribution is -0.117. The van der Waals surface area contributed by atoms with Crippen molar-refractivity contribution in [3.8, 4) is 0 Å². The fourth-order valence-corrected chi connectivity index (χ4v) is 1.01. The molecular formula is C10H20O3. The van der Waals surface area contributed by atoms with Crippen LogP contribution in [0, 0.1) is 5.92 Å². The first-order valence-electron chi connectivity index (χ1n) is 4.78. The Kier molecular flexibility index (Phi) is 7.94. The first-order valence-corrected chi connectivity index (χ1v) is 4.78. The van der Waals surface area contributed by atoms with Crippen LogP contribution in [-0.4, -0.2) is 32.2 Å². The Morgan fingerprint density at radius 2 is 1.54 bits per heavy atom. The molecule has 1 aliphatic rings. The zero-order chi connectivity index (χ0) is 10.1. The molecule has 0 aromatic carbocycles. The summed E-state index contributed by atoms with van der Waals surface area (Å²) in [5, 5.41) is 0. The first-order chi connectivity index (χ1) is 6.13. The van der Waals surface area contributed by atoms with E-state index in [4.69, 9.17) is 9.47 Å². The molecule has 1 heterocycles. The van der Waals surface area contributed by atoms with Crippen LogP contribution < -0.4 is 0 Å². The fourth-order valence-electron chi connectivity index (χ4n) is 1.01. The predicted octanol–water partition coefficient (Wildman–Crippen LogP) is 1.65. The van der Waals surface area contributed by atoms with Crippen molar-refractivity contribution in [3.63, 3.8) is 0 Å². The SMILES string of the molecule is C1COCCO1.CC(=O)CC(C)C. The van der Waals surface area contributed by atoms with Crippen LogP contribution in [0.3, 0.4) is 0 Å². The van der Waals surface area contributed by atoms with Crippen LogP contribution in [0.2, 0.25) is 0 Å². The largest absolute Gasteiger partial charge is 0.377 e. The lowest BCUT2D eigenvalue weighted by Gasteiger charge is -2.09. The van der Waals surface area contributed by atoms with E-state index in [1.165, 1.54) is 0 Å². The third-order valence-corrected chi connectivity index (χ3v) is 1.44. The predicted molar refractivity (Wildman–Crippen MR) is 51.8 cm³/mol. The van der Waals surface area contributed by atoms with Gasteiger partial charge in [0.05, 0.1) is 26.4 Å². The third kappa shape index (κ3) is 11.6. The van der Waals surface area contributed by atoms with Gasteiger partial charge < -0.3 is 14.3 Å². The Morgan fingerprint density at radius 1 is 1.15 bits per heavy atom. The van der Waals surface area contributed by atoms with Crippen molar-refractivity contribution in [2.24, 2.45) is 5.92 Å². The van der Waals surface area contributed by atoms with Crippen LogP contribution in [-0.2, 0) is 14.3 Å². The molecule has 1 saturated heterocycles. The minimum Gasteiger partial charge on any atom is -0.377 e. The third-order valence-electron chi connectivity index (χ3n) is 1.44. The van der Waals surface area contributed by atoms with E-state index in [0.717, 1.165) is 32.8 Å². The van der Waals surface area contributed by atoms with Gasteiger partial charge in [-0.1, -0.05) is 13.8 Å². The maximum Gasteiger partial charge on any atom is 0.130 e. The summed E-state index contributed by atoms with van der Waals surface area (Å²) in [6.45, 7) is 8.82.